The van der Waals surface area contributed by atoms with Crippen LogP contribution < -0.4 is 15.0 Å². The Balaban J connectivity index is 2.10. The van der Waals surface area contributed by atoms with Crippen LogP contribution in [0.4, 0.5) is 10.5 Å². The second-order valence-electron chi connectivity index (χ2n) is 13.0. The highest BCUT2D eigenvalue weighted by atomic mass is 35.5. The molecule has 3 rings (SSSR count). The van der Waals surface area contributed by atoms with Crippen molar-refractivity contribution in [1.82, 2.24) is 10.2 Å². The van der Waals surface area contributed by atoms with Crippen LogP contribution in [0.25, 0.3) is 0 Å². The molecule has 1 fully saturated rings. The topological polar surface area (TPSA) is 133 Å². The number of carbonyl (C=O) groups excluding carboxylic acids is 4. The normalized spacial score (nSPS) is 27.1. The molecule has 0 spiro atoms. The molecule has 272 valence electrons. The van der Waals surface area contributed by atoms with Crippen LogP contribution in [-0.4, -0.2) is 105 Å². The van der Waals surface area contributed by atoms with Gasteiger partial charge in [0, 0.05) is 34.0 Å². The van der Waals surface area contributed by atoms with Crippen molar-refractivity contribution in [1.29, 1.82) is 0 Å². The van der Waals surface area contributed by atoms with Crippen molar-refractivity contribution in [2.75, 3.05) is 39.0 Å². The van der Waals surface area contributed by atoms with Crippen molar-refractivity contribution in [2.45, 2.75) is 102 Å². The molecule has 1 aromatic carbocycles. The largest absolute Gasteiger partial charge is 0.495 e. The summed E-state index contributed by atoms with van der Waals surface area (Å²) in [5.74, 6) is -0.695. The molecule has 2 aliphatic heterocycles. The van der Waals surface area contributed by atoms with Gasteiger partial charge in [-0.3, -0.25) is 9.59 Å². The minimum absolute atomic E-state index is 0.143. The number of fused-ring (bicyclic) bond motifs is 4. The van der Waals surface area contributed by atoms with Crippen LogP contribution in [0.15, 0.2) is 35.9 Å². The van der Waals surface area contributed by atoms with E-state index < -0.39 is 60.1 Å². The summed E-state index contributed by atoms with van der Waals surface area (Å²) in [6.07, 6.45) is 2.85. The lowest BCUT2D eigenvalue weighted by Gasteiger charge is -2.41. The number of ether oxygens (including phenoxy) is 5. The third-order valence-corrected chi connectivity index (χ3v) is 9.57. The van der Waals surface area contributed by atoms with E-state index in [1.165, 1.54) is 24.0 Å². The Labute approximate surface area is 299 Å². The number of thiol groups is 1. The Morgan fingerprint density at radius 3 is 2.57 bits per heavy atom. The summed E-state index contributed by atoms with van der Waals surface area (Å²) in [5.41, 5.74) is 0.989. The van der Waals surface area contributed by atoms with E-state index in [0.29, 0.717) is 30.0 Å². The molecule has 49 heavy (non-hydrogen) atoms. The van der Waals surface area contributed by atoms with Gasteiger partial charge >= 0.3 is 12.1 Å². The summed E-state index contributed by atoms with van der Waals surface area (Å²) in [6.45, 7) is 8.68. The number of nitrogens with one attached hydrogen (secondary N) is 1. The maximum Gasteiger partial charge on any atom is 0.407 e. The number of hydrogen-bond acceptors (Lipinski definition) is 10. The van der Waals surface area contributed by atoms with Crippen molar-refractivity contribution < 1.29 is 42.9 Å². The number of hydrogen-bond donors (Lipinski definition) is 2. The number of methoxy groups -OCH3 is 2. The number of anilines is 1. The number of benzene rings is 1. The van der Waals surface area contributed by atoms with Crippen LogP contribution in [0.5, 0.6) is 5.75 Å². The average Bonchev–Trinajstić information content (AvgIpc) is 3.05. The van der Waals surface area contributed by atoms with Crippen LogP contribution >= 0.6 is 24.2 Å². The molecule has 12 nitrogen and oxygen atoms in total. The van der Waals surface area contributed by atoms with Crippen molar-refractivity contribution in [3.63, 3.8) is 0 Å². The van der Waals surface area contributed by atoms with Gasteiger partial charge in [0.15, 0.2) is 0 Å². The van der Waals surface area contributed by atoms with Crippen LogP contribution in [0, 0.1) is 0 Å². The van der Waals surface area contributed by atoms with Gasteiger partial charge in [-0.05, 0) is 64.5 Å². The maximum absolute atomic E-state index is 14.0. The lowest BCUT2D eigenvalue weighted by Crippen LogP contribution is -2.56. The highest BCUT2D eigenvalue weighted by molar-refractivity contribution is 7.80. The molecular weight excluding hydrogens is 674 g/mol. The Kier molecular flexibility index (Phi) is 14.4. The molecule has 0 radical (unpaired) electrons. The number of esters is 1. The average molecular weight is 724 g/mol. The van der Waals surface area contributed by atoms with Gasteiger partial charge in [0.25, 0.3) is 0 Å². The number of amides is 3. The molecule has 1 saturated heterocycles. The predicted octanol–water partition coefficient (Wildman–Crippen LogP) is 4.90. The fraction of sp³-hybridized carbons (Fsp3) is 0.600. The Bertz CT molecular complexity index is 1430. The lowest BCUT2D eigenvalue weighted by atomic mass is 9.95. The number of likely N-dealkylation sites (N-methyl/N-ethyl adjacent to an activating group) is 1. The van der Waals surface area contributed by atoms with Gasteiger partial charge < -0.3 is 38.8 Å². The number of carbonyl (C=O) groups is 4. The maximum atomic E-state index is 14.0. The molecule has 4 bridgehead atoms. The summed E-state index contributed by atoms with van der Waals surface area (Å²) in [5, 5.41) is 3.09. The second kappa shape index (κ2) is 17.6. The summed E-state index contributed by atoms with van der Waals surface area (Å²) < 4.78 is 29.4. The first-order valence-corrected chi connectivity index (χ1v) is 17.3. The molecule has 3 amide bonds. The molecule has 6 atom stereocenters. The van der Waals surface area contributed by atoms with E-state index in [9.17, 15) is 19.2 Å². The van der Waals surface area contributed by atoms with Gasteiger partial charge in [-0.25, -0.2) is 9.59 Å². The van der Waals surface area contributed by atoms with Crippen LogP contribution in [0.2, 0.25) is 5.02 Å². The molecule has 0 aliphatic carbocycles. The first-order chi connectivity index (χ1) is 23.0. The van der Waals surface area contributed by atoms with Gasteiger partial charge in [-0.2, -0.15) is 12.6 Å². The number of allylic oxidation sites excluding steroid dienone is 3. The minimum atomic E-state index is -1.28. The summed E-state index contributed by atoms with van der Waals surface area (Å²) in [4.78, 5) is 55.5. The highest BCUT2D eigenvalue weighted by Gasteiger charge is 2.43. The number of alkyl carbamates (subject to hydrolysis) is 1. The van der Waals surface area contributed by atoms with Crippen molar-refractivity contribution >= 4 is 53.8 Å². The molecule has 0 saturated carbocycles. The van der Waals surface area contributed by atoms with Crippen molar-refractivity contribution in [3.05, 3.63) is 46.5 Å². The first kappa shape index (κ1) is 40.2. The molecular formula is C35H50ClN3O9S. The first-order valence-electron chi connectivity index (χ1n) is 16.2. The van der Waals surface area contributed by atoms with Crippen molar-refractivity contribution in [3.8, 4) is 5.75 Å². The zero-order valence-electron chi connectivity index (χ0n) is 29.8. The molecule has 0 aromatic heterocycles. The smallest absolute Gasteiger partial charge is 0.407 e. The van der Waals surface area contributed by atoms with E-state index in [1.807, 2.05) is 37.3 Å². The zero-order chi connectivity index (χ0) is 36.6. The van der Waals surface area contributed by atoms with Crippen LogP contribution in [-0.2, 0) is 39.8 Å². The van der Waals surface area contributed by atoms with Gasteiger partial charge in [-0.1, -0.05) is 35.4 Å². The van der Waals surface area contributed by atoms with E-state index in [-0.39, 0.29) is 23.8 Å². The Morgan fingerprint density at radius 2 is 1.94 bits per heavy atom. The van der Waals surface area contributed by atoms with E-state index in [4.69, 9.17) is 35.3 Å². The fourth-order valence-electron chi connectivity index (χ4n) is 5.78. The minimum Gasteiger partial charge on any atom is -0.495 e. The van der Waals surface area contributed by atoms with E-state index in [0.717, 1.165) is 11.1 Å². The summed E-state index contributed by atoms with van der Waals surface area (Å²) in [7, 11) is 6.17. The molecule has 2 unspecified atom stereocenters. The highest BCUT2D eigenvalue weighted by Crippen LogP contribution is 2.37. The zero-order valence-corrected chi connectivity index (χ0v) is 31.4. The number of rotatable bonds is 7. The predicted molar refractivity (Wildman–Crippen MR) is 190 cm³/mol. The molecule has 1 N–H and O–H groups in total. The number of nitrogens with zero attached hydrogens (tertiary/aromatic N) is 2. The SMILES string of the molecule is COc1cc2cc(c1Cl)N(C)C(=O)C[C@H](OC(=O)[C@H](C)N(C)C(=O)CCS)C(C)(C)O[C@H](C)C1CC(NC(=O)O1)[C@H](OC)/C=C/C=C(\C)C2. The quantitative estimate of drug-likeness (QED) is 0.298. The van der Waals surface area contributed by atoms with E-state index in [2.05, 4.69) is 17.9 Å². The Morgan fingerprint density at radius 1 is 1.24 bits per heavy atom. The standard InChI is InChI=1S/C35H50ClN3O9S/c1-20-11-10-12-26(44-8)24-18-27(46-34(43)37-24)22(3)48-35(4,5)29(47-33(42)21(2)38(6)30(40)13-14-49)19-31(41)39(7)25-16-23(15-20)17-28(45-9)32(25)36/h10-12,16-17,21-22,24,26-27,29,49H,13-15,18-19H2,1-9H3,(H,37,43)/b12-10+,20-11+/t21-,22+,24?,26+,27?,29-/m0/s1. The van der Waals surface area contributed by atoms with Gasteiger partial charge in [0.2, 0.25) is 11.8 Å². The fourth-order valence-corrected chi connectivity index (χ4v) is 6.28. The third-order valence-electron chi connectivity index (χ3n) is 8.96. The summed E-state index contributed by atoms with van der Waals surface area (Å²) >= 11 is 10.9. The summed E-state index contributed by atoms with van der Waals surface area (Å²) in [6, 6.07) is 2.26. The van der Waals surface area contributed by atoms with E-state index in [1.54, 1.807) is 41.9 Å². The molecule has 14 heteroatoms. The molecule has 2 aliphatic rings. The number of halogens is 1. The molecule has 2 heterocycles. The van der Waals surface area contributed by atoms with E-state index >= 15 is 0 Å². The van der Waals surface area contributed by atoms with Gasteiger partial charge in [0.1, 0.15) is 34.6 Å². The Hall–Kier alpha value is -3.26. The van der Waals surface area contributed by atoms with Gasteiger partial charge in [0.05, 0.1) is 37.5 Å². The third kappa shape index (κ3) is 10.4. The molecule has 1 aromatic rings. The second-order valence-corrected chi connectivity index (χ2v) is 13.8. The van der Waals surface area contributed by atoms with Gasteiger partial charge in [-0.15, -0.1) is 0 Å². The monoisotopic (exact) mass is 723 g/mol. The van der Waals surface area contributed by atoms with Crippen molar-refractivity contribution in [2.24, 2.45) is 0 Å². The van der Waals surface area contributed by atoms with Crippen LogP contribution in [0.1, 0.15) is 59.4 Å². The van der Waals surface area contributed by atoms with Crippen LogP contribution in [0.3, 0.4) is 0 Å². The lowest BCUT2D eigenvalue weighted by molar-refractivity contribution is -0.193.